The Morgan fingerprint density at radius 2 is 1.49 bits per heavy atom. The lowest BCUT2D eigenvalue weighted by molar-refractivity contribution is 0.0989. The number of carbonyl (C=O) groups excluding carboxylic acids is 2. The van der Waals surface area contributed by atoms with Crippen LogP contribution in [0.3, 0.4) is 0 Å². The van der Waals surface area contributed by atoms with Gasteiger partial charge in [-0.3, -0.25) is 9.59 Å². The summed E-state index contributed by atoms with van der Waals surface area (Å²) in [6, 6.07) is 15.7. The third-order valence-electron chi connectivity index (χ3n) is 7.95. The molecule has 246 valence electrons. The van der Waals surface area contributed by atoms with Crippen LogP contribution >= 0.6 is 0 Å². The smallest absolute Gasteiger partial charge is 0.271 e. The maximum Gasteiger partial charge on any atom is 0.271 e. The van der Waals surface area contributed by atoms with E-state index < -0.39 is 11.8 Å². The van der Waals surface area contributed by atoms with Crippen molar-refractivity contribution in [2.24, 2.45) is 11.5 Å². The van der Waals surface area contributed by atoms with Crippen molar-refractivity contribution < 1.29 is 14.3 Å². The molecule has 0 saturated carbocycles. The molecule has 2 aliphatic heterocycles. The van der Waals surface area contributed by atoms with Crippen molar-refractivity contribution >= 4 is 29.1 Å². The van der Waals surface area contributed by atoms with E-state index in [1.165, 1.54) is 24.8 Å². The van der Waals surface area contributed by atoms with Crippen LogP contribution in [0.1, 0.15) is 99.6 Å². The summed E-state index contributed by atoms with van der Waals surface area (Å²) in [7, 11) is 1.57. The fourth-order valence-corrected chi connectivity index (χ4v) is 5.40. The van der Waals surface area contributed by atoms with Crippen LogP contribution in [0, 0.1) is 0 Å². The average Bonchev–Trinajstić information content (AvgIpc) is 3.06. The molecule has 0 bridgehead atoms. The number of nitrogens with one attached hydrogen (secondary N) is 1. The fourth-order valence-electron chi connectivity index (χ4n) is 5.40. The van der Waals surface area contributed by atoms with Gasteiger partial charge in [-0.05, 0) is 107 Å². The van der Waals surface area contributed by atoms with Crippen LogP contribution < -0.4 is 26.4 Å². The molecule has 0 radical (unpaired) electrons. The van der Waals surface area contributed by atoms with Crippen LogP contribution in [0.2, 0.25) is 0 Å². The molecule has 5 N–H and O–H groups in total. The Labute approximate surface area is 269 Å². The average molecular weight is 620 g/mol. The largest absolute Gasteiger partial charge is 0.497 e. The summed E-state index contributed by atoms with van der Waals surface area (Å²) >= 11 is 0. The molecule has 10 heteroatoms. The summed E-state index contributed by atoms with van der Waals surface area (Å²) < 4.78 is 4.90. The highest BCUT2D eigenvalue weighted by Crippen LogP contribution is 2.30. The number of nitrogens with two attached hydrogens (primary N) is 2. The first kappa shape index (κ1) is 37.0. The lowest BCUT2D eigenvalue weighted by Crippen LogP contribution is -2.37. The Morgan fingerprint density at radius 3 is 2.00 bits per heavy atom. The molecule has 2 aliphatic rings. The number of piperidine rings is 2. The molecule has 1 aromatic heterocycles. The Kier molecular flexibility index (Phi) is 15.3. The van der Waals surface area contributed by atoms with Gasteiger partial charge in [-0.2, -0.15) is 0 Å². The van der Waals surface area contributed by atoms with Crippen molar-refractivity contribution in [1.29, 1.82) is 0 Å². The van der Waals surface area contributed by atoms with E-state index in [1.54, 1.807) is 37.6 Å². The van der Waals surface area contributed by atoms with Gasteiger partial charge < -0.3 is 31.3 Å². The molecule has 2 saturated heterocycles. The van der Waals surface area contributed by atoms with Crippen LogP contribution in [-0.2, 0) is 0 Å². The molecule has 10 nitrogen and oxygen atoms in total. The van der Waals surface area contributed by atoms with E-state index in [9.17, 15) is 9.59 Å². The second kappa shape index (κ2) is 18.6. The minimum absolute atomic E-state index is 0. The maximum atomic E-state index is 11.9. The normalized spacial score (nSPS) is 15.0. The molecule has 0 aliphatic carbocycles. The molecule has 3 aromatic rings. The highest BCUT2D eigenvalue weighted by molar-refractivity contribution is 5.96. The van der Waals surface area contributed by atoms with Gasteiger partial charge in [0.25, 0.3) is 5.91 Å². The van der Waals surface area contributed by atoms with Gasteiger partial charge in [0.05, 0.1) is 13.3 Å². The third kappa shape index (κ3) is 10.7. The van der Waals surface area contributed by atoms with Crippen LogP contribution in [0.4, 0.5) is 17.3 Å². The van der Waals surface area contributed by atoms with Gasteiger partial charge in [-0.25, -0.2) is 9.97 Å². The van der Waals surface area contributed by atoms with Crippen molar-refractivity contribution in [2.75, 3.05) is 43.5 Å². The molecule has 5 rings (SSSR count). The number of aromatic nitrogens is 2. The summed E-state index contributed by atoms with van der Waals surface area (Å²) in [5, 5.41) is 3.28. The summed E-state index contributed by atoms with van der Waals surface area (Å²) in [5.74, 6) is 1.54. The van der Waals surface area contributed by atoms with E-state index in [0.29, 0.717) is 23.3 Å². The monoisotopic (exact) mass is 619 g/mol. The van der Waals surface area contributed by atoms with Crippen LogP contribution in [0.5, 0.6) is 5.75 Å². The van der Waals surface area contributed by atoms with Gasteiger partial charge in [0.1, 0.15) is 11.6 Å². The molecule has 0 atom stereocenters. The van der Waals surface area contributed by atoms with Gasteiger partial charge in [-0.1, -0.05) is 33.4 Å². The summed E-state index contributed by atoms with van der Waals surface area (Å²) in [5.41, 5.74) is 13.5. The topological polar surface area (TPSA) is 140 Å². The second-order valence-corrected chi connectivity index (χ2v) is 11.1. The van der Waals surface area contributed by atoms with E-state index in [-0.39, 0.29) is 13.1 Å². The van der Waals surface area contributed by atoms with Crippen LogP contribution in [0.25, 0.3) is 0 Å². The number of primary amides is 2. The predicted molar refractivity (Wildman–Crippen MR) is 185 cm³/mol. The number of hydrogen-bond donors (Lipinski definition) is 3. The van der Waals surface area contributed by atoms with E-state index in [2.05, 4.69) is 58.2 Å². The first-order valence-corrected chi connectivity index (χ1v) is 15.7. The van der Waals surface area contributed by atoms with Gasteiger partial charge >= 0.3 is 0 Å². The summed E-state index contributed by atoms with van der Waals surface area (Å²) in [6.07, 6.45) is 7.60. The van der Waals surface area contributed by atoms with Gasteiger partial charge in [0, 0.05) is 30.4 Å². The molecule has 0 unspecified atom stereocenters. The van der Waals surface area contributed by atoms with Crippen molar-refractivity contribution in [2.45, 2.75) is 79.2 Å². The number of hydrogen-bond acceptors (Lipinski definition) is 8. The number of amides is 2. The summed E-state index contributed by atoms with van der Waals surface area (Å²) in [6.45, 7) is 12.8. The minimum atomic E-state index is -0.575. The molecule has 45 heavy (non-hydrogen) atoms. The number of nitrogens with zero attached hydrogens (tertiary/aromatic N) is 4. The van der Waals surface area contributed by atoms with Crippen molar-refractivity contribution in [3.05, 3.63) is 71.5 Å². The number of anilines is 3. The second-order valence-electron chi connectivity index (χ2n) is 11.1. The Hall–Kier alpha value is -4.18. The van der Waals surface area contributed by atoms with Crippen LogP contribution in [0.15, 0.2) is 54.7 Å². The van der Waals surface area contributed by atoms with Gasteiger partial charge in [-0.15, -0.1) is 0 Å². The molecule has 2 fully saturated rings. The lowest BCUT2D eigenvalue weighted by Gasteiger charge is -2.34. The number of ether oxygens (including phenoxy) is 1. The number of carbonyl (C=O) groups is 2. The number of likely N-dealkylation sites (tertiary alicyclic amines) is 1. The highest BCUT2D eigenvalue weighted by Gasteiger charge is 2.22. The third-order valence-corrected chi connectivity index (χ3v) is 7.95. The van der Waals surface area contributed by atoms with Crippen molar-refractivity contribution in [3.63, 3.8) is 0 Å². The zero-order chi connectivity index (χ0) is 32.1. The van der Waals surface area contributed by atoms with Gasteiger partial charge in [0.2, 0.25) is 5.91 Å². The van der Waals surface area contributed by atoms with E-state index in [1.807, 2.05) is 13.8 Å². The molecule has 2 amide bonds. The molecule has 0 spiro atoms. The quantitative estimate of drug-likeness (QED) is 0.265. The molecular formula is C35H53N7O3. The van der Waals surface area contributed by atoms with Crippen LogP contribution in [-0.4, -0.2) is 66.0 Å². The fraction of sp³-hybridized carbons (Fsp3) is 0.486. The number of rotatable bonds is 8. The predicted octanol–water partition coefficient (Wildman–Crippen LogP) is 6.35. The van der Waals surface area contributed by atoms with Gasteiger partial charge in [0.15, 0.2) is 11.5 Å². The van der Waals surface area contributed by atoms with Crippen molar-refractivity contribution in [3.8, 4) is 5.75 Å². The maximum absolute atomic E-state index is 11.9. The molecular weight excluding hydrogens is 566 g/mol. The lowest BCUT2D eigenvalue weighted by atomic mass is 9.89. The Balaban J connectivity index is 0.000000426. The highest BCUT2D eigenvalue weighted by atomic mass is 16.5. The van der Waals surface area contributed by atoms with E-state index >= 15 is 0 Å². The SMILES string of the molecule is C.CC.CC(C)N1CCC(c2ccc(Nc3nc(N4CCCCC4)cnc3C(N)=O)cc2)CC1.COc1ccc(C(N)=O)cc1. The standard InChI is InChI=1S/C24H34N6O.C8H9NO2.C2H6.CH4/c1-17(2)29-14-10-19(11-15-29)18-6-8-20(9-7-18)27-24-22(23(25)31)26-16-21(28-24)30-12-4-3-5-13-30;1-11-7-4-2-6(3-5-7)8(9)10;1-2;/h6-9,16-17,19H,3-5,10-15H2,1-2H3,(H2,25,31)(H,27,28);2-5H,1H3,(H2,9,10);1-2H3;1H4. The Morgan fingerprint density at radius 1 is 0.889 bits per heavy atom. The zero-order valence-electron chi connectivity index (χ0n) is 26.9. The van der Waals surface area contributed by atoms with E-state index in [0.717, 1.165) is 56.3 Å². The molecule has 3 heterocycles. The first-order chi connectivity index (χ1) is 21.2. The van der Waals surface area contributed by atoms with Crippen molar-refractivity contribution in [1.82, 2.24) is 14.9 Å². The zero-order valence-corrected chi connectivity index (χ0v) is 26.9. The minimum Gasteiger partial charge on any atom is -0.497 e. The number of methoxy groups -OCH3 is 1. The molecule has 2 aromatic carbocycles. The van der Waals surface area contributed by atoms with E-state index in [4.69, 9.17) is 21.2 Å². The summed E-state index contributed by atoms with van der Waals surface area (Å²) in [4.78, 5) is 36.3. The number of benzene rings is 2. The first-order valence-electron chi connectivity index (χ1n) is 15.7. The Bertz CT molecular complexity index is 1320.